The van der Waals surface area contributed by atoms with Crippen LogP contribution in [0.25, 0.3) is 23.1 Å². The lowest BCUT2D eigenvalue weighted by molar-refractivity contribution is 0.480. The number of pyridine rings is 1. The number of phenolic OH excluding ortho intramolecular Hbond substituents is 1. The van der Waals surface area contributed by atoms with Gasteiger partial charge in [-0.1, -0.05) is 63.4 Å². The van der Waals surface area contributed by atoms with Crippen LogP contribution in [0.2, 0.25) is 10.0 Å². The van der Waals surface area contributed by atoms with Gasteiger partial charge in [0.05, 0.1) is 15.7 Å². The zero-order valence-corrected chi connectivity index (χ0v) is 14.3. The molecule has 0 aliphatic heterocycles. The third-order valence-electron chi connectivity index (χ3n) is 3.22. The molecular weight excluding hydrogens is 385 g/mol. The van der Waals surface area contributed by atoms with Crippen LogP contribution in [0.1, 0.15) is 11.3 Å². The van der Waals surface area contributed by atoms with Crippen molar-refractivity contribution in [2.45, 2.75) is 0 Å². The number of hydrogen-bond donors (Lipinski definition) is 1. The molecule has 22 heavy (non-hydrogen) atoms. The second kappa shape index (κ2) is 6.29. The molecule has 0 atom stereocenters. The van der Waals surface area contributed by atoms with Gasteiger partial charge in [0.15, 0.2) is 5.75 Å². The van der Waals surface area contributed by atoms with E-state index in [1.807, 2.05) is 48.6 Å². The van der Waals surface area contributed by atoms with Gasteiger partial charge in [0, 0.05) is 9.86 Å². The minimum atomic E-state index is -0.0581. The van der Waals surface area contributed by atoms with E-state index in [0.29, 0.717) is 21.6 Å². The molecular formula is C17H10BrCl2NO. The van der Waals surface area contributed by atoms with Crippen LogP contribution in [-0.4, -0.2) is 10.1 Å². The molecule has 0 unspecified atom stereocenters. The molecule has 5 heteroatoms. The highest BCUT2D eigenvalue weighted by molar-refractivity contribution is 9.10. The maximum Gasteiger partial charge on any atom is 0.160 e. The Hall–Kier alpha value is -1.55. The van der Waals surface area contributed by atoms with Crippen LogP contribution in [0.3, 0.4) is 0 Å². The van der Waals surface area contributed by atoms with Gasteiger partial charge in [0.25, 0.3) is 0 Å². The lowest BCUT2D eigenvalue weighted by Crippen LogP contribution is -1.86. The summed E-state index contributed by atoms with van der Waals surface area (Å²) in [5.41, 5.74) is 2.14. The quantitative estimate of drug-likeness (QED) is 0.562. The Labute approximate surface area is 146 Å². The van der Waals surface area contributed by atoms with E-state index in [1.54, 1.807) is 0 Å². The summed E-state index contributed by atoms with van der Waals surface area (Å²) in [5, 5.41) is 11.4. The van der Waals surface area contributed by atoms with Gasteiger partial charge in [-0.05, 0) is 35.9 Å². The van der Waals surface area contributed by atoms with Crippen LogP contribution >= 0.6 is 39.1 Å². The molecule has 0 spiro atoms. The number of phenols is 1. The van der Waals surface area contributed by atoms with Gasteiger partial charge in [-0.25, -0.2) is 4.98 Å². The first kappa shape index (κ1) is 15.3. The van der Waals surface area contributed by atoms with Crippen LogP contribution in [0.4, 0.5) is 0 Å². The summed E-state index contributed by atoms with van der Waals surface area (Å²) in [7, 11) is 0. The Kier molecular flexibility index (Phi) is 4.39. The van der Waals surface area contributed by atoms with Crippen molar-refractivity contribution in [3.8, 4) is 5.75 Å². The highest BCUT2D eigenvalue weighted by atomic mass is 79.9. The lowest BCUT2D eigenvalue weighted by Gasteiger charge is -2.05. The van der Waals surface area contributed by atoms with Crippen molar-refractivity contribution in [3.05, 3.63) is 68.2 Å². The molecule has 0 fully saturated rings. The minimum Gasteiger partial charge on any atom is -0.504 e. The molecule has 0 aliphatic carbocycles. The number of aromatic hydroxyl groups is 1. The van der Waals surface area contributed by atoms with Crippen LogP contribution < -0.4 is 0 Å². The van der Waals surface area contributed by atoms with Gasteiger partial charge < -0.3 is 5.11 Å². The van der Waals surface area contributed by atoms with Crippen molar-refractivity contribution in [1.82, 2.24) is 4.98 Å². The van der Waals surface area contributed by atoms with E-state index in [2.05, 4.69) is 20.9 Å². The molecule has 1 N–H and O–H groups in total. The second-order valence-electron chi connectivity index (χ2n) is 4.68. The average molecular weight is 395 g/mol. The summed E-state index contributed by atoms with van der Waals surface area (Å²) in [6, 6.07) is 13.1. The highest BCUT2D eigenvalue weighted by Crippen LogP contribution is 2.36. The van der Waals surface area contributed by atoms with E-state index in [-0.39, 0.29) is 10.8 Å². The molecule has 0 bridgehead atoms. The fourth-order valence-electron chi connectivity index (χ4n) is 2.10. The number of nitrogens with zero attached hydrogens (tertiary/aromatic N) is 1. The predicted octanol–water partition coefficient (Wildman–Crippen LogP) is 6.18. The number of benzene rings is 2. The number of halogens is 3. The molecule has 1 heterocycles. The van der Waals surface area contributed by atoms with Gasteiger partial charge in [-0.15, -0.1) is 0 Å². The fourth-order valence-corrected chi connectivity index (χ4v) is 3.03. The molecule has 0 aliphatic rings. The third kappa shape index (κ3) is 2.98. The molecule has 110 valence electrons. The highest BCUT2D eigenvalue weighted by Gasteiger charge is 2.10. The summed E-state index contributed by atoms with van der Waals surface area (Å²) < 4.78 is 1.00. The third-order valence-corrected chi connectivity index (χ3v) is 4.54. The van der Waals surface area contributed by atoms with Crippen LogP contribution in [0.5, 0.6) is 5.75 Å². The monoisotopic (exact) mass is 393 g/mol. The normalized spacial score (nSPS) is 11.4. The molecule has 2 aromatic carbocycles. The first-order valence-electron chi connectivity index (χ1n) is 6.46. The van der Waals surface area contributed by atoms with E-state index in [9.17, 15) is 5.11 Å². The molecule has 1 aromatic heterocycles. The molecule has 2 nitrogen and oxygen atoms in total. The molecule has 0 amide bonds. The molecule has 0 saturated heterocycles. The van der Waals surface area contributed by atoms with E-state index in [0.717, 1.165) is 10.0 Å². The lowest BCUT2D eigenvalue weighted by atomic mass is 10.1. The summed E-state index contributed by atoms with van der Waals surface area (Å²) in [4.78, 5) is 4.42. The summed E-state index contributed by atoms with van der Waals surface area (Å²) in [5.74, 6) is -0.0581. The van der Waals surface area contributed by atoms with Crippen LogP contribution in [-0.2, 0) is 0 Å². The zero-order chi connectivity index (χ0) is 15.7. The average Bonchev–Trinajstić information content (AvgIpc) is 2.52. The van der Waals surface area contributed by atoms with Gasteiger partial charge in [-0.2, -0.15) is 0 Å². The van der Waals surface area contributed by atoms with Gasteiger partial charge in [0.2, 0.25) is 0 Å². The number of fused-ring (bicyclic) bond motifs is 1. The smallest absolute Gasteiger partial charge is 0.160 e. The van der Waals surface area contributed by atoms with Crippen molar-refractivity contribution in [1.29, 1.82) is 0 Å². The molecule has 3 rings (SSSR count). The first-order chi connectivity index (χ1) is 10.6. The summed E-state index contributed by atoms with van der Waals surface area (Å²) in [6.45, 7) is 0. The van der Waals surface area contributed by atoms with E-state index in [4.69, 9.17) is 23.2 Å². The SMILES string of the molecule is Oc1c(Cl)cc(Cl)c2ccc(/C=C/c3ccccc3Br)nc12. The van der Waals surface area contributed by atoms with Crippen molar-refractivity contribution < 1.29 is 5.11 Å². The van der Waals surface area contributed by atoms with Crippen LogP contribution in [0.15, 0.2) is 46.9 Å². The van der Waals surface area contributed by atoms with E-state index in [1.165, 1.54) is 6.07 Å². The molecule has 3 aromatic rings. The number of aromatic nitrogens is 1. The first-order valence-corrected chi connectivity index (χ1v) is 8.01. The maximum absolute atomic E-state index is 10.1. The Morgan fingerprint density at radius 1 is 1.00 bits per heavy atom. The predicted molar refractivity (Wildman–Crippen MR) is 96.5 cm³/mol. The van der Waals surface area contributed by atoms with Crippen molar-refractivity contribution in [2.24, 2.45) is 0 Å². The second-order valence-corrected chi connectivity index (χ2v) is 6.34. The Bertz CT molecular complexity index is 893. The summed E-state index contributed by atoms with van der Waals surface area (Å²) in [6.07, 6.45) is 3.81. The molecule has 0 radical (unpaired) electrons. The van der Waals surface area contributed by atoms with Gasteiger partial charge >= 0.3 is 0 Å². The van der Waals surface area contributed by atoms with Crippen molar-refractivity contribution in [2.75, 3.05) is 0 Å². The Morgan fingerprint density at radius 2 is 1.77 bits per heavy atom. The standard InChI is InChI=1S/C17H10BrCl2NO/c18-13-4-2-1-3-10(13)5-6-11-7-8-12-14(19)9-15(20)17(22)16(12)21-11/h1-9,22H/b6-5+. The zero-order valence-electron chi connectivity index (χ0n) is 11.2. The van der Waals surface area contributed by atoms with Gasteiger partial charge in [-0.3, -0.25) is 0 Å². The summed E-state index contributed by atoms with van der Waals surface area (Å²) >= 11 is 15.6. The van der Waals surface area contributed by atoms with Crippen molar-refractivity contribution >= 4 is 62.2 Å². The largest absolute Gasteiger partial charge is 0.504 e. The van der Waals surface area contributed by atoms with E-state index < -0.39 is 0 Å². The Balaban J connectivity index is 2.06. The van der Waals surface area contributed by atoms with Crippen molar-refractivity contribution in [3.63, 3.8) is 0 Å². The maximum atomic E-state index is 10.1. The Morgan fingerprint density at radius 3 is 2.55 bits per heavy atom. The topological polar surface area (TPSA) is 33.1 Å². The number of rotatable bonds is 2. The van der Waals surface area contributed by atoms with E-state index >= 15 is 0 Å². The molecule has 0 saturated carbocycles. The van der Waals surface area contributed by atoms with Gasteiger partial charge in [0.1, 0.15) is 5.52 Å². The fraction of sp³-hybridized carbons (Fsp3) is 0. The minimum absolute atomic E-state index is 0.0581. The van der Waals surface area contributed by atoms with Crippen LogP contribution in [0, 0.1) is 0 Å². The number of hydrogen-bond acceptors (Lipinski definition) is 2.